The number of phenolic OH excluding ortho intramolecular Hbond substituents is 1. The predicted molar refractivity (Wildman–Crippen MR) is 126 cm³/mol. The van der Waals surface area contributed by atoms with Gasteiger partial charge in [0.05, 0.1) is 0 Å². The summed E-state index contributed by atoms with van der Waals surface area (Å²) in [4.78, 5) is 24.1. The van der Waals surface area contributed by atoms with Gasteiger partial charge in [-0.25, -0.2) is 0 Å². The Labute approximate surface area is 185 Å². The van der Waals surface area contributed by atoms with Crippen LogP contribution in [-0.4, -0.2) is 16.9 Å². The SMILES string of the molecule is CC(C)(C)c1cc(CCC(=O)NNC(=O)/C=C/c2ccccc2)cc(C(C)(C)C)c1O. The predicted octanol–water partition coefficient (Wildman–Crippen LogP) is 4.78. The van der Waals surface area contributed by atoms with Crippen molar-refractivity contribution in [3.8, 4) is 5.75 Å². The Hall–Kier alpha value is -3.08. The van der Waals surface area contributed by atoms with Gasteiger partial charge in [-0.1, -0.05) is 84.0 Å². The molecule has 2 amide bonds. The van der Waals surface area contributed by atoms with Gasteiger partial charge < -0.3 is 5.11 Å². The van der Waals surface area contributed by atoms with Gasteiger partial charge in [0.2, 0.25) is 5.91 Å². The molecular weight excluding hydrogens is 388 g/mol. The van der Waals surface area contributed by atoms with E-state index in [1.165, 1.54) is 6.08 Å². The summed E-state index contributed by atoms with van der Waals surface area (Å²) >= 11 is 0. The van der Waals surface area contributed by atoms with E-state index in [-0.39, 0.29) is 23.2 Å². The highest BCUT2D eigenvalue weighted by Gasteiger charge is 2.26. The van der Waals surface area contributed by atoms with Crippen LogP contribution < -0.4 is 10.9 Å². The van der Waals surface area contributed by atoms with Gasteiger partial charge in [-0.3, -0.25) is 20.4 Å². The molecule has 166 valence electrons. The minimum Gasteiger partial charge on any atom is -0.507 e. The van der Waals surface area contributed by atoms with Gasteiger partial charge in [0, 0.05) is 12.5 Å². The Morgan fingerprint density at radius 1 is 0.903 bits per heavy atom. The van der Waals surface area contributed by atoms with E-state index in [1.807, 2.05) is 42.5 Å². The van der Waals surface area contributed by atoms with Crippen molar-refractivity contribution in [3.05, 3.63) is 70.8 Å². The van der Waals surface area contributed by atoms with Gasteiger partial charge in [-0.2, -0.15) is 0 Å². The van der Waals surface area contributed by atoms with E-state index in [4.69, 9.17) is 0 Å². The number of hydrogen-bond donors (Lipinski definition) is 3. The van der Waals surface area contributed by atoms with Crippen molar-refractivity contribution in [2.24, 2.45) is 0 Å². The molecule has 5 nitrogen and oxygen atoms in total. The number of rotatable bonds is 5. The van der Waals surface area contributed by atoms with Crippen molar-refractivity contribution in [2.75, 3.05) is 0 Å². The Morgan fingerprint density at radius 3 is 1.97 bits per heavy atom. The van der Waals surface area contributed by atoms with Crippen LogP contribution in [-0.2, 0) is 26.8 Å². The lowest BCUT2D eigenvalue weighted by Gasteiger charge is -2.28. The van der Waals surface area contributed by atoms with E-state index >= 15 is 0 Å². The third kappa shape index (κ3) is 7.28. The molecular formula is C26H34N2O3. The Balaban J connectivity index is 1.99. The van der Waals surface area contributed by atoms with Crippen molar-refractivity contribution in [1.82, 2.24) is 10.9 Å². The number of aromatic hydroxyl groups is 1. The van der Waals surface area contributed by atoms with Crippen molar-refractivity contribution < 1.29 is 14.7 Å². The smallest absolute Gasteiger partial charge is 0.262 e. The molecule has 2 aromatic rings. The topological polar surface area (TPSA) is 78.4 Å². The zero-order valence-corrected chi connectivity index (χ0v) is 19.4. The van der Waals surface area contributed by atoms with E-state index in [0.29, 0.717) is 12.2 Å². The lowest BCUT2D eigenvalue weighted by atomic mass is 9.78. The monoisotopic (exact) mass is 422 g/mol. The average molecular weight is 423 g/mol. The number of hydrogen-bond acceptors (Lipinski definition) is 3. The van der Waals surface area contributed by atoms with Gasteiger partial charge in [-0.15, -0.1) is 0 Å². The molecule has 0 aromatic heterocycles. The highest BCUT2D eigenvalue weighted by atomic mass is 16.3. The van der Waals surface area contributed by atoms with Crippen LogP contribution in [0.1, 0.15) is 70.2 Å². The number of benzene rings is 2. The summed E-state index contributed by atoms with van der Waals surface area (Å²) in [5, 5.41) is 10.8. The van der Waals surface area contributed by atoms with Crippen LogP contribution in [0.5, 0.6) is 5.75 Å². The van der Waals surface area contributed by atoms with Crippen LogP contribution in [0.25, 0.3) is 6.08 Å². The lowest BCUT2D eigenvalue weighted by Crippen LogP contribution is -2.40. The fourth-order valence-electron chi connectivity index (χ4n) is 3.21. The summed E-state index contributed by atoms with van der Waals surface area (Å²) in [6.45, 7) is 12.4. The molecule has 0 unspecified atom stereocenters. The molecule has 0 aliphatic carbocycles. The first-order chi connectivity index (χ1) is 14.4. The number of carbonyl (C=O) groups excluding carboxylic acids is 2. The van der Waals surface area contributed by atoms with Crippen LogP contribution in [0, 0.1) is 0 Å². The molecule has 5 heteroatoms. The Morgan fingerprint density at radius 2 is 1.45 bits per heavy atom. The highest BCUT2D eigenvalue weighted by Crippen LogP contribution is 2.39. The van der Waals surface area contributed by atoms with Crippen LogP contribution >= 0.6 is 0 Å². The quantitative estimate of drug-likeness (QED) is 0.479. The van der Waals surface area contributed by atoms with Gasteiger partial charge in [0.1, 0.15) is 5.75 Å². The normalized spacial score (nSPS) is 12.1. The molecule has 3 N–H and O–H groups in total. The summed E-state index contributed by atoms with van der Waals surface area (Å²) in [5.74, 6) is -0.346. The second-order valence-corrected chi connectivity index (χ2v) is 9.82. The summed E-state index contributed by atoms with van der Waals surface area (Å²) < 4.78 is 0. The maximum atomic E-state index is 12.2. The largest absolute Gasteiger partial charge is 0.507 e. The Kier molecular flexibility index (Phi) is 7.66. The maximum absolute atomic E-state index is 12.2. The van der Waals surface area contributed by atoms with Crippen molar-refractivity contribution >= 4 is 17.9 Å². The fourth-order valence-corrected chi connectivity index (χ4v) is 3.21. The van der Waals surface area contributed by atoms with E-state index in [0.717, 1.165) is 22.3 Å². The summed E-state index contributed by atoms with van der Waals surface area (Å²) in [6.07, 6.45) is 3.79. The molecule has 0 radical (unpaired) electrons. The maximum Gasteiger partial charge on any atom is 0.262 e. The summed E-state index contributed by atoms with van der Waals surface area (Å²) in [5.41, 5.74) is 8.04. The third-order valence-corrected chi connectivity index (χ3v) is 4.98. The zero-order valence-electron chi connectivity index (χ0n) is 19.4. The van der Waals surface area contributed by atoms with Crippen LogP contribution in [0.2, 0.25) is 0 Å². The molecule has 2 rings (SSSR count). The second-order valence-electron chi connectivity index (χ2n) is 9.82. The molecule has 0 aliphatic rings. The number of nitrogens with one attached hydrogen (secondary N) is 2. The minimum absolute atomic E-state index is 0.221. The van der Waals surface area contributed by atoms with E-state index < -0.39 is 5.91 Å². The van der Waals surface area contributed by atoms with Crippen molar-refractivity contribution in [1.29, 1.82) is 0 Å². The van der Waals surface area contributed by atoms with Crippen molar-refractivity contribution in [3.63, 3.8) is 0 Å². The van der Waals surface area contributed by atoms with Gasteiger partial charge in [0.15, 0.2) is 0 Å². The first-order valence-corrected chi connectivity index (χ1v) is 10.6. The number of phenols is 1. The van der Waals surface area contributed by atoms with Crippen molar-refractivity contribution in [2.45, 2.75) is 65.2 Å². The van der Waals surface area contributed by atoms with E-state index in [2.05, 4.69) is 52.4 Å². The molecule has 0 heterocycles. The first-order valence-electron chi connectivity index (χ1n) is 10.6. The number of hydrazine groups is 1. The van der Waals surface area contributed by atoms with Gasteiger partial charge in [0.25, 0.3) is 5.91 Å². The van der Waals surface area contributed by atoms with E-state index in [1.54, 1.807) is 6.08 Å². The Bertz CT molecular complexity index is 914. The van der Waals surface area contributed by atoms with Crippen LogP contribution in [0.4, 0.5) is 0 Å². The minimum atomic E-state index is -0.396. The van der Waals surface area contributed by atoms with E-state index in [9.17, 15) is 14.7 Å². The number of amides is 2. The second kappa shape index (κ2) is 9.82. The highest BCUT2D eigenvalue weighted by molar-refractivity contribution is 5.93. The zero-order chi connectivity index (χ0) is 23.2. The number of carbonyl (C=O) groups is 2. The molecule has 2 aromatic carbocycles. The fraction of sp³-hybridized carbons (Fsp3) is 0.385. The summed E-state index contributed by atoms with van der Waals surface area (Å²) in [6, 6.07) is 13.4. The summed E-state index contributed by atoms with van der Waals surface area (Å²) in [7, 11) is 0. The van der Waals surface area contributed by atoms with Crippen LogP contribution in [0.3, 0.4) is 0 Å². The molecule has 0 saturated heterocycles. The molecule has 0 fully saturated rings. The molecule has 0 aliphatic heterocycles. The van der Waals surface area contributed by atoms with Crippen LogP contribution in [0.15, 0.2) is 48.5 Å². The van der Waals surface area contributed by atoms with Gasteiger partial charge >= 0.3 is 0 Å². The molecule has 0 bridgehead atoms. The average Bonchev–Trinajstić information content (AvgIpc) is 2.68. The molecule has 0 spiro atoms. The standard InChI is InChI=1S/C26H34N2O3/c1-25(2,3)20-16-19(17-21(24(20)31)26(4,5)6)13-15-23(30)28-27-22(29)14-12-18-10-8-7-9-11-18/h7-12,14,16-17,31H,13,15H2,1-6H3,(H,27,29)(H,28,30)/b14-12+. The molecule has 0 atom stereocenters. The first kappa shape index (κ1) is 24.2. The number of aryl methyl sites for hydroxylation is 1. The lowest BCUT2D eigenvalue weighted by molar-refractivity contribution is -0.126. The molecule has 0 saturated carbocycles. The van der Waals surface area contributed by atoms with Gasteiger partial charge in [-0.05, 0) is 45.6 Å². The molecule has 31 heavy (non-hydrogen) atoms. The third-order valence-electron chi connectivity index (χ3n) is 4.98.